The van der Waals surface area contributed by atoms with Crippen molar-refractivity contribution in [3.63, 3.8) is 0 Å². The summed E-state index contributed by atoms with van der Waals surface area (Å²) in [5.41, 5.74) is 2.32. The lowest BCUT2D eigenvalue weighted by atomic mass is 10.2. The second-order valence-corrected chi connectivity index (χ2v) is 6.20. The summed E-state index contributed by atoms with van der Waals surface area (Å²) in [4.78, 5) is 0. The molecule has 2 unspecified atom stereocenters. The first-order valence-electron chi connectivity index (χ1n) is 8.84. The highest BCUT2D eigenvalue weighted by atomic mass is 16.5. The van der Waals surface area contributed by atoms with Crippen LogP contribution in [0.5, 0.6) is 11.5 Å². The first-order chi connectivity index (χ1) is 11.6. The first-order valence-corrected chi connectivity index (χ1v) is 8.84. The largest absolute Gasteiger partial charge is 0.491 e. The van der Waals surface area contributed by atoms with Crippen molar-refractivity contribution in [3.05, 3.63) is 54.1 Å². The van der Waals surface area contributed by atoms with Crippen LogP contribution in [-0.4, -0.2) is 18.8 Å². The van der Waals surface area contributed by atoms with E-state index in [1.54, 1.807) is 0 Å². The Morgan fingerprint density at radius 3 is 2.00 bits per heavy atom. The minimum Gasteiger partial charge on any atom is -0.491 e. The van der Waals surface area contributed by atoms with Crippen molar-refractivity contribution in [2.24, 2.45) is 0 Å². The van der Waals surface area contributed by atoms with E-state index in [-0.39, 0.29) is 12.2 Å². The van der Waals surface area contributed by atoms with E-state index in [9.17, 15) is 0 Å². The molecule has 0 spiro atoms. The van der Waals surface area contributed by atoms with E-state index >= 15 is 0 Å². The van der Waals surface area contributed by atoms with Crippen LogP contribution in [-0.2, 0) is 0 Å². The minimum absolute atomic E-state index is 0.142. The molecule has 0 aliphatic heterocycles. The third-order valence-corrected chi connectivity index (χ3v) is 4.08. The lowest BCUT2D eigenvalue weighted by molar-refractivity contribution is 0.210. The molecule has 0 amide bonds. The van der Waals surface area contributed by atoms with Crippen molar-refractivity contribution in [3.8, 4) is 11.5 Å². The molecule has 130 valence electrons. The molecule has 0 aliphatic rings. The van der Waals surface area contributed by atoms with Crippen LogP contribution in [0.2, 0.25) is 0 Å². The lowest BCUT2D eigenvalue weighted by Crippen LogP contribution is -2.25. The van der Waals surface area contributed by atoms with Gasteiger partial charge in [-0.05, 0) is 63.1 Å². The third-order valence-electron chi connectivity index (χ3n) is 4.08. The number of aryl methyl sites for hydroxylation is 1. The third kappa shape index (κ3) is 5.80. The standard InChI is InChI=1S/C21H29NO2/c1-5-17(4)23-20-13-9-18(10-14-20)22-15-19(6-2)24-21-11-7-16(3)8-12-21/h7-14,17,19,22H,5-6,15H2,1-4H3. The molecule has 0 bridgehead atoms. The number of hydrogen-bond acceptors (Lipinski definition) is 3. The fourth-order valence-electron chi connectivity index (χ4n) is 2.28. The van der Waals surface area contributed by atoms with E-state index in [0.29, 0.717) is 0 Å². The summed E-state index contributed by atoms with van der Waals surface area (Å²) in [6.07, 6.45) is 2.35. The van der Waals surface area contributed by atoms with Crippen LogP contribution in [0.15, 0.2) is 48.5 Å². The van der Waals surface area contributed by atoms with Crippen LogP contribution in [0.3, 0.4) is 0 Å². The zero-order valence-corrected chi connectivity index (χ0v) is 15.2. The zero-order chi connectivity index (χ0) is 17.4. The predicted molar refractivity (Wildman–Crippen MR) is 101 cm³/mol. The van der Waals surface area contributed by atoms with Gasteiger partial charge in [0.05, 0.1) is 12.6 Å². The molecule has 2 aromatic carbocycles. The minimum atomic E-state index is 0.142. The quantitative estimate of drug-likeness (QED) is 0.665. The van der Waals surface area contributed by atoms with Crippen LogP contribution < -0.4 is 14.8 Å². The highest BCUT2D eigenvalue weighted by molar-refractivity contribution is 5.46. The van der Waals surface area contributed by atoms with Gasteiger partial charge in [-0.1, -0.05) is 31.5 Å². The van der Waals surface area contributed by atoms with E-state index < -0.39 is 0 Å². The predicted octanol–water partition coefficient (Wildman–Crippen LogP) is 5.44. The highest BCUT2D eigenvalue weighted by Gasteiger charge is 2.08. The van der Waals surface area contributed by atoms with Gasteiger partial charge in [0.2, 0.25) is 0 Å². The second kappa shape index (κ2) is 9.21. The number of nitrogens with one attached hydrogen (secondary N) is 1. The molecule has 0 saturated heterocycles. The second-order valence-electron chi connectivity index (χ2n) is 6.20. The van der Waals surface area contributed by atoms with Gasteiger partial charge >= 0.3 is 0 Å². The first kappa shape index (κ1) is 18.2. The summed E-state index contributed by atoms with van der Waals surface area (Å²) in [5.74, 6) is 1.84. The summed E-state index contributed by atoms with van der Waals surface area (Å²) >= 11 is 0. The van der Waals surface area contributed by atoms with Gasteiger partial charge in [0, 0.05) is 5.69 Å². The van der Waals surface area contributed by atoms with E-state index in [1.165, 1.54) is 5.56 Å². The van der Waals surface area contributed by atoms with Gasteiger partial charge in [0.15, 0.2) is 0 Å². The molecule has 1 N–H and O–H groups in total. The van der Waals surface area contributed by atoms with E-state index in [4.69, 9.17) is 9.47 Å². The van der Waals surface area contributed by atoms with Crippen LogP contribution in [0.4, 0.5) is 5.69 Å². The Morgan fingerprint density at radius 1 is 0.833 bits per heavy atom. The Morgan fingerprint density at radius 2 is 1.42 bits per heavy atom. The van der Waals surface area contributed by atoms with Gasteiger partial charge in [-0.25, -0.2) is 0 Å². The Hall–Kier alpha value is -2.16. The van der Waals surface area contributed by atoms with E-state index in [1.807, 2.05) is 24.3 Å². The molecule has 3 nitrogen and oxygen atoms in total. The Kier molecular flexibility index (Phi) is 6.98. The van der Waals surface area contributed by atoms with Crippen molar-refractivity contribution in [1.29, 1.82) is 0 Å². The van der Waals surface area contributed by atoms with Gasteiger partial charge < -0.3 is 14.8 Å². The number of ether oxygens (including phenoxy) is 2. The molecule has 2 aromatic rings. The molecular weight excluding hydrogens is 298 g/mol. The molecule has 0 aromatic heterocycles. The van der Waals surface area contributed by atoms with Gasteiger partial charge in [-0.15, -0.1) is 0 Å². The maximum atomic E-state index is 6.04. The molecule has 0 fully saturated rings. The van der Waals surface area contributed by atoms with Crippen molar-refractivity contribution >= 4 is 5.69 Å². The highest BCUT2D eigenvalue weighted by Crippen LogP contribution is 2.19. The van der Waals surface area contributed by atoms with Gasteiger partial charge in [0.25, 0.3) is 0 Å². The fourth-order valence-corrected chi connectivity index (χ4v) is 2.28. The van der Waals surface area contributed by atoms with Crippen molar-refractivity contribution in [1.82, 2.24) is 0 Å². The number of rotatable bonds is 9. The van der Waals surface area contributed by atoms with Gasteiger partial charge in [-0.2, -0.15) is 0 Å². The smallest absolute Gasteiger partial charge is 0.119 e. The summed E-state index contributed by atoms with van der Waals surface area (Å²) in [6.45, 7) is 9.21. The number of benzene rings is 2. The molecule has 2 rings (SSSR count). The Bertz CT molecular complexity index is 592. The van der Waals surface area contributed by atoms with Crippen LogP contribution in [0, 0.1) is 6.92 Å². The molecule has 0 radical (unpaired) electrons. The number of hydrogen-bond donors (Lipinski definition) is 1. The summed E-state index contributed by atoms with van der Waals surface area (Å²) in [5, 5.41) is 3.44. The van der Waals surface area contributed by atoms with Crippen molar-refractivity contribution in [2.75, 3.05) is 11.9 Å². The van der Waals surface area contributed by atoms with E-state index in [0.717, 1.165) is 36.6 Å². The molecule has 2 atom stereocenters. The van der Waals surface area contributed by atoms with Crippen molar-refractivity contribution in [2.45, 2.75) is 52.7 Å². The maximum absolute atomic E-state index is 6.04. The van der Waals surface area contributed by atoms with Gasteiger partial charge in [-0.3, -0.25) is 0 Å². The zero-order valence-electron chi connectivity index (χ0n) is 15.2. The summed E-state index contributed by atoms with van der Waals surface area (Å²) < 4.78 is 11.8. The lowest BCUT2D eigenvalue weighted by Gasteiger charge is -2.19. The molecule has 0 aliphatic carbocycles. The summed E-state index contributed by atoms with van der Waals surface area (Å²) in [7, 11) is 0. The van der Waals surface area contributed by atoms with Crippen LogP contribution in [0.25, 0.3) is 0 Å². The molecule has 24 heavy (non-hydrogen) atoms. The molecule has 0 heterocycles. The average molecular weight is 327 g/mol. The molecular formula is C21H29NO2. The fraction of sp³-hybridized carbons (Fsp3) is 0.429. The maximum Gasteiger partial charge on any atom is 0.119 e. The SMILES string of the molecule is CCC(C)Oc1ccc(NCC(CC)Oc2ccc(C)cc2)cc1. The Labute approximate surface area is 146 Å². The van der Waals surface area contributed by atoms with Crippen LogP contribution >= 0.6 is 0 Å². The normalized spacial score (nSPS) is 13.2. The van der Waals surface area contributed by atoms with Gasteiger partial charge in [0.1, 0.15) is 17.6 Å². The summed E-state index contributed by atoms with van der Waals surface area (Å²) in [6, 6.07) is 16.3. The Balaban J connectivity index is 1.85. The monoisotopic (exact) mass is 327 g/mol. The van der Waals surface area contributed by atoms with E-state index in [2.05, 4.69) is 57.3 Å². The number of anilines is 1. The van der Waals surface area contributed by atoms with Crippen molar-refractivity contribution < 1.29 is 9.47 Å². The molecule has 0 saturated carbocycles. The average Bonchev–Trinajstić information content (AvgIpc) is 2.61. The molecule has 3 heteroatoms. The van der Waals surface area contributed by atoms with Crippen LogP contribution in [0.1, 0.15) is 39.2 Å². The topological polar surface area (TPSA) is 30.5 Å².